The standard InChI is InChI=1S/C19H28N2O4/c1-6-25-19(24)10-15(12(2)3)20-17(22)11-18(23)21-16-9-13(4)7-8-14(16)5/h7-9,12,15H,6,10-11H2,1-5H3,(H,20,22)(H,21,23). The Balaban J connectivity index is 2.59. The number of amides is 2. The van der Waals surface area contributed by atoms with Gasteiger partial charge in [0.15, 0.2) is 0 Å². The van der Waals surface area contributed by atoms with E-state index < -0.39 is 5.91 Å². The lowest BCUT2D eigenvalue weighted by Gasteiger charge is -2.21. The maximum absolute atomic E-state index is 12.1. The smallest absolute Gasteiger partial charge is 0.307 e. The molecule has 0 fully saturated rings. The minimum Gasteiger partial charge on any atom is -0.466 e. The second-order valence-electron chi connectivity index (χ2n) is 6.47. The van der Waals surface area contributed by atoms with E-state index in [9.17, 15) is 14.4 Å². The molecule has 0 aliphatic carbocycles. The van der Waals surface area contributed by atoms with E-state index in [0.717, 1.165) is 11.1 Å². The zero-order valence-electron chi connectivity index (χ0n) is 15.6. The van der Waals surface area contributed by atoms with E-state index in [0.29, 0.717) is 12.3 Å². The molecule has 0 spiro atoms. The predicted molar refractivity (Wildman–Crippen MR) is 97.2 cm³/mol. The Kier molecular flexibility index (Phi) is 8.11. The van der Waals surface area contributed by atoms with Gasteiger partial charge in [-0.05, 0) is 43.9 Å². The van der Waals surface area contributed by atoms with Gasteiger partial charge >= 0.3 is 5.97 Å². The van der Waals surface area contributed by atoms with Crippen LogP contribution in [0.5, 0.6) is 0 Å². The molecular formula is C19H28N2O4. The summed E-state index contributed by atoms with van der Waals surface area (Å²) in [5.74, 6) is -1.10. The molecule has 1 aromatic rings. The molecule has 0 heterocycles. The number of esters is 1. The Morgan fingerprint density at radius 1 is 1.12 bits per heavy atom. The van der Waals surface area contributed by atoms with Crippen molar-refractivity contribution in [3.05, 3.63) is 29.3 Å². The van der Waals surface area contributed by atoms with Crippen LogP contribution in [-0.2, 0) is 19.1 Å². The minimum absolute atomic E-state index is 0.0513. The molecule has 6 nitrogen and oxygen atoms in total. The van der Waals surface area contributed by atoms with Crippen LogP contribution >= 0.6 is 0 Å². The first-order valence-corrected chi connectivity index (χ1v) is 8.55. The fourth-order valence-corrected chi connectivity index (χ4v) is 2.32. The van der Waals surface area contributed by atoms with Crippen molar-refractivity contribution >= 4 is 23.5 Å². The van der Waals surface area contributed by atoms with Crippen molar-refractivity contribution in [3.8, 4) is 0 Å². The van der Waals surface area contributed by atoms with Gasteiger partial charge in [0.25, 0.3) is 0 Å². The van der Waals surface area contributed by atoms with E-state index in [1.165, 1.54) is 0 Å². The fourth-order valence-electron chi connectivity index (χ4n) is 2.32. The first-order valence-electron chi connectivity index (χ1n) is 8.55. The van der Waals surface area contributed by atoms with Crippen LogP contribution in [0.15, 0.2) is 18.2 Å². The van der Waals surface area contributed by atoms with Crippen LogP contribution < -0.4 is 10.6 Å². The number of nitrogens with one attached hydrogen (secondary N) is 2. The normalized spacial score (nSPS) is 11.8. The number of hydrogen-bond donors (Lipinski definition) is 2. The average molecular weight is 348 g/mol. The SMILES string of the molecule is CCOC(=O)CC(NC(=O)CC(=O)Nc1cc(C)ccc1C)C(C)C. The van der Waals surface area contributed by atoms with Gasteiger partial charge in [-0.2, -0.15) is 0 Å². The predicted octanol–water partition coefficient (Wildman–Crippen LogP) is 2.73. The van der Waals surface area contributed by atoms with E-state index in [2.05, 4.69) is 10.6 Å². The second-order valence-corrected chi connectivity index (χ2v) is 6.47. The molecule has 0 aliphatic rings. The lowest BCUT2D eigenvalue weighted by Crippen LogP contribution is -2.41. The largest absolute Gasteiger partial charge is 0.466 e. The Morgan fingerprint density at radius 3 is 2.40 bits per heavy atom. The molecule has 2 amide bonds. The van der Waals surface area contributed by atoms with E-state index in [1.54, 1.807) is 6.92 Å². The van der Waals surface area contributed by atoms with Gasteiger partial charge < -0.3 is 15.4 Å². The van der Waals surface area contributed by atoms with Gasteiger partial charge in [-0.1, -0.05) is 26.0 Å². The number of carbonyl (C=O) groups excluding carboxylic acids is 3. The number of hydrogen-bond acceptors (Lipinski definition) is 4. The summed E-state index contributed by atoms with van der Waals surface area (Å²) < 4.78 is 4.92. The summed E-state index contributed by atoms with van der Waals surface area (Å²) in [6, 6.07) is 5.38. The number of anilines is 1. The highest BCUT2D eigenvalue weighted by molar-refractivity contribution is 6.04. The summed E-state index contributed by atoms with van der Waals surface area (Å²) in [5.41, 5.74) is 2.66. The third-order valence-electron chi connectivity index (χ3n) is 3.83. The van der Waals surface area contributed by atoms with Gasteiger partial charge in [-0.3, -0.25) is 14.4 Å². The molecule has 0 saturated heterocycles. The average Bonchev–Trinajstić information content (AvgIpc) is 2.50. The summed E-state index contributed by atoms with van der Waals surface area (Å²) in [6.07, 6.45) is -0.199. The lowest BCUT2D eigenvalue weighted by atomic mass is 10.0. The number of rotatable bonds is 8. The molecule has 2 N–H and O–H groups in total. The molecule has 6 heteroatoms. The number of ether oxygens (including phenoxy) is 1. The molecular weight excluding hydrogens is 320 g/mol. The topological polar surface area (TPSA) is 84.5 Å². The number of aryl methyl sites for hydroxylation is 2. The third kappa shape index (κ3) is 7.37. The molecule has 1 unspecified atom stereocenters. The van der Waals surface area contributed by atoms with Crippen molar-refractivity contribution < 1.29 is 19.1 Å². The van der Waals surface area contributed by atoms with Gasteiger partial charge in [-0.25, -0.2) is 0 Å². The lowest BCUT2D eigenvalue weighted by molar-refractivity contribution is -0.144. The molecule has 138 valence electrons. The van der Waals surface area contributed by atoms with Crippen LogP contribution in [0.3, 0.4) is 0 Å². The van der Waals surface area contributed by atoms with E-state index in [-0.39, 0.29) is 36.7 Å². The maximum atomic E-state index is 12.1. The van der Waals surface area contributed by atoms with Gasteiger partial charge in [-0.15, -0.1) is 0 Å². The highest BCUT2D eigenvalue weighted by Gasteiger charge is 2.21. The summed E-state index contributed by atoms with van der Waals surface area (Å²) in [6.45, 7) is 9.67. The first-order chi connectivity index (χ1) is 11.7. The molecule has 1 aromatic carbocycles. The summed E-state index contributed by atoms with van der Waals surface area (Å²) in [5, 5.41) is 5.50. The van der Waals surface area contributed by atoms with Crippen molar-refractivity contribution in [3.63, 3.8) is 0 Å². The van der Waals surface area contributed by atoms with Crippen molar-refractivity contribution in [2.45, 2.75) is 53.5 Å². The molecule has 1 rings (SSSR count). The third-order valence-corrected chi connectivity index (χ3v) is 3.83. The molecule has 0 radical (unpaired) electrons. The van der Waals surface area contributed by atoms with Crippen LogP contribution in [0.25, 0.3) is 0 Å². The number of carbonyl (C=O) groups is 3. The summed E-state index contributed by atoms with van der Waals surface area (Å²) >= 11 is 0. The van der Waals surface area contributed by atoms with Crippen LogP contribution in [0.1, 0.15) is 44.7 Å². The van der Waals surface area contributed by atoms with Crippen molar-refractivity contribution in [1.29, 1.82) is 0 Å². The Hall–Kier alpha value is -2.37. The van der Waals surface area contributed by atoms with Gasteiger partial charge in [0.1, 0.15) is 6.42 Å². The molecule has 1 atom stereocenters. The molecule has 25 heavy (non-hydrogen) atoms. The monoisotopic (exact) mass is 348 g/mol. The zero-order valence-corrected chi connectivity index (χ0v) is 15.6. The van der Waals surface area contributed by atoms with Gasteiger partial charge in [0, 0.05) is 11.7 Å². The zero-order chi connectivity index (χ0) is 19.0. The van der Waals surface area contributed by atoms with Crippen molar-refractivity contribution in [2.75, 3.05) is 11.9 Å². The molecule has 0 bridgehead atoms. The highest BCUT2D eigenvalue weighted by atomic mass is 16.5. The molecule has 0 aromatic heterocycles. The Morgan fingerprint density at radius 2 is 1.80 bits per heavy atom. The van der Waals surface area contributed by atoms with Gasteiger partial charge in [0.05, 0.1) is 13.0 Å². The van der Waals surface area contributed by atoms with E-state index >= 15 is 0 Å². The van der Waals surface area contributed by atoms with Crippen LogP contribution in [0, 0.1) is 19.8 Å². The van der Waals surface area contributed by atoms with Crippen molar-refractivity contribution in [1.82, 2.24) is 5.32 Å². The molecule has 0 saturated carbocycles. The van der Waals surface area contributed by atoms with E-state index in [4.69, 9.17) is 4.74 Å². The quantitative estimate of drug-likeness (QED) is 0.559. The first kappa shape index (κ1) is 20.7. The summed E-state index contributed by atoms with van der Waals surface area (Å²) in [7, 11) is 0. The minimum atomic E-state index is -0.411. The number of benzene rings is 1. The molecule has 0 aliphatic heterocycles. The van der Waals surface area contributed by atoms with Crippen LogP contribution in [0.2, 0.25) is 0 Å². The van der Waals surface area contributed by atoms with Crippen LogP contribution in [-0.4, -0.2) is 30.4 Å². The van der Waals surface area contributed by atoms with Gasteiger partial charge in [0.2, 0.25) is 11.8 Å². The summed E-state index contributed by atoms with van der Waals surface area (Å²) in [4.78, 5) is 35.8. The Labute approximate surface area is 149 Å². The van der Waals surface area contributed by atoms with Crippen LogP contribution in [0.4, 0.5) is 5.69 Å². The second kappa shape index (κ2) is 9.81. The maximum Gasteiger partial charge on any atom is 0.307 e. The fraction of sp³-hybridized carbons (Fsp3) is 0.526. The van der Waals surface area contributed by atoms with E-state index in [1.807, 2.05) is 45.9 Å². The van der Waals surface area contributed by atoms with Crippen molar-refractivity contribution in [2.24, 2.45) is 5.92 Å². The Bertz CT molecular complexity index is 626. The highest BCUT2D eigenvalue weighted by Crippen LogP contribution is 2.16.